The summed E-state index contributed by atoms with van der Waals surface area (Å²) < 4.78 is 5.47. The van der Waals surface area contributed by atoms with Gasteiger partial charge in [-0.25, -0.2) is 4.79 Å². The number of hydrogen-bond acceptors (Lipinski definition) is 4. The van der Waals surface area contributed by atoms with Crippen molar-refractivity contribution in [3.05, 3.63) is 59.7 Å². The normalized spacial score (nSPS) is 14.9. The fraction of sp³-hybridized carbons (Fsp3) is 0.364. The molecule has 0 spiro atoms. The van der Waals surface area contributed by atoms with Crippen LogP contribution in [0.3, 0.4) is 0 Å². The number of ether oxygens (including phenoxy) is 1. The second kappa shape index (κ2) is 8.44. The molecule has 1 aliphatic carbocycles. The number of carboxylic acid groups (broad SMARTS) is 1. The van der Waals surface area contributed by atoms with E-state index in [1.165, 1.54) is 0 Å². The van der Waals surface area contributed by atoms with Crippen molar-refractivity contribution in [2.75, 3.05) is 6.61 Å². The lowest BCUT2D eigenvalue weighted by atomic mass is 9.96. The molecule has 2 aromatic carbocycles. The molecular weight excluding hydrogens is 358 g/mol. The molecule has 148 valence electrons. The van der Waals surface area contributed by atoms with Crippen molar-refractivity contribution >= 4 is 12.1 Å². The Hall–Kier alpha value is -2.86. The van der Waals surface area contributed by atoms with Crippen molar-refractivity contribution in [2.24, 2.45) is 5.92 Å². The van der Waals surface area contributed by atoms with Gasteiger partial charge in [-0.2, -0.15) is 0 Å². The van der Waals surface area contributed by atoms with E-state index in [0.717, 1.165) is 22.3 Å². The summed E-state index contributed by atoms with van der Waals surface area (Å²) in [5.41, 5.74) is 4.51. The van der Waals surface area contributed by atoms with Crippen molar-refractivity contribution in [1.29, 1.82) is 0 Å². The third kappa shape index (κ3) is 4.17. The van der Waals surface area contributed by atoms with Crippen molar-refractivity contribution in [2.45, 2.75) is 38.3 Å². The number of aliphatic hydroxyl groups excluding tert-OH is 1. The van der Waals surface area contributed by atoms with Crippen molar-refractivity contribution in [3.8, 4) is 11.1 Å². The Morgan fingerprint density at radius 1 is 1.04 bits per heavy atom. The van der Waals surface area contributed by atoms with Gasteiger partial charge in [-0.3, -0.25) is 4.79 Å². The summed E-state index contributed by atoms with van der Waals surface area (Å²) in [5.74, 6) is -1.32. The van der Waals surface area contributed by atoms with Crippen LogP contribution in [0.25, 0.3) is 11.1 Å². The maximum atomic E-state index is 12.3. The fourth-order valence-corrected chi connectivity index (χ4v) is 3.79. The topological polar surface area (TPSA) is 95.9 Å². The Morgan fingerprint density at radius 3 is 2.07 bits per heavy atom. The number of aliphatic hydroxyl groups is 1. The molecule has 0 bridgehead atoms. The number of hydrogen-bond donors (Lipinski definition) is 3. The number of rotatable bonds is 7. The lowest BCUT2D eigenvalue weighted by Gasteiger charge is -2.26. The highest BCUT2D eigenvalue weighted by Crippen LogP contribution is 2.44. The van der Waals surface area contributed by atoms with Gasteiger partial charge in [-0.05, 0) is 28.2 Å². The summed E-state index contributed by atoms with van der Waals surface area (Å²) in [6.45, 7) is 3.78. The predicted octanol–water partition coefficient (Wildman–Crippen LogP) is 3.39. The Morgan fingerprint density at radius 2 is 1.57 bits per heavy atom. The molecule has 0 aliphatic heterocycles. The van der Waals surface area contributed by atoms with E-state index in [0.29, 0.717) is 0 Å². The van der Waals surface area contributed by atoms with Crippen LogP contribution in [0.1, 0.15) is 37.3 Å². The van der Waals surface area contributed by atoms with Crippen LogP contribution in [0.4, 0.5) is 4.79 Å². The summed E-state index contributed by atoms with van der Waals surface area (Å²) in [4.78, 5) is 23.2. The first kappa shape index (κ1) is 19.9. The van der Waals surface area contributed by atoms with E-state index < -0.39 is 30.6 Å². The quantitative estimate of drug-likeness (QED) is 0.681. The lowest BCUT2D eigenvalue weighted by molar-refractivity contribution is -0.139. The molecule has 0 heterocycles. The van der Waals surface area contributed by atoms with Gasteiger partial charge in [-0.1, -0.05) is 62.4 Å². The SMILES string of the molecule is CC(C)[C@@H](NC(=O)OCC1c2ccccc2-c2ccccc21)[C@H](O)CC(=O)O. The highest BCUT2D eigenvalue weighted by molar-refractivity contribution is 5.79. The van der Waals surface area contributed by atoms with Crippen LogP contribution < -0.4 is 5.32 Å². The molecule has 6 nitrogen and oxygen atoms in total. The third-order valence-electron chi connectivity index (χ3n) is 5.14. The van der Waals surface area contributed by atoms with E-state index in [1.54, 1.807) is 13.8 Å². The summed E-state index contributed by atoms with van der Waals surface area (Å²) in [6.07, 6.45) is -2.28. The van der Waals surface area contributed by atoms with E-state index in [9.17, 15) is 14.7 Å². The average molecular weight is 383 g/mol. The Balaban J connectivity index is 1.68. The zero-order valence-corrected chi connectivity index (χ0v) is 16.0. The summed E-state index contributed by atoms with van der Waals surface area (Å²) >= 11 is 0. The van der Waals surface area contributed by atoms with Crippen molar-refractivity contribution in [1.82, 2.24) is 5.32 Å². The Kier molecular flexibility index (Phi) is 5.99. The molecule has 3 N–H and O–H groups in total. The molecule has 0 fully saturated rings. The monoisotopic (exact) mass is 383 g/mol. The number of alkyl carbamates (subject to hydrolysis) is 1. The minimum atomic E-state index is -1.18. The fourth-order valence-electron chi connectivity index (χ4n) is 3.79. The zero-order valence-electron chi connectivity index (χ0n) is 16.0. The molecule has 3 rings (SSSR count). The van der Waals surface area contributed by atoms with Crippen LogP contribution in [0.15, 0.2) is 48.5 Å². The minimum Gasteiger partial charge on any atom is -0.481 e. The van der Waals surface area contributed by atoms with Crippen LogP contribution in [-0.2, 0) is 9.53 Å². The lowest BCUT2D eigenvalue weighted by Crippen LogP contribution is -2.47. The number of carbonyl (C=O) groups is 2. The highest BCUT2D eigenvalue weighted by Gasteiger charge is 2.30. The maximum Gasteiger partial charge on any atom is 0.407 e. The molecule has 0 saturated carbocycles. The van der Waals surface area contributed by atoms with Gasteiger partial charge >= 0.3 is 12.1 Å². The summed E-state index contributed by atoms with van der Waals surface area (Å²) in [6, 6.07) is 15.4. The van der Waals surface area contributed by atoms with Gasteiger partial charge in [0.05, 0.1) is 18.6 Å². The van der Waals surface area contributed by atoms with E-state index >= 15 is 0 Å². The maximum absolute atomic E-state index is 12.3. The largest absolute Gasteiger partial charge is 0.481 e. The molecular formula is C22H25NO5. The van der Waals surface area contributed by atoms with E-state index in [4.69, 9.17) is 9.84 Å². The Bertz CT molecular complexity index is 818. The van der Waals surface area contributed by atoms with Crippen LogP contribution in [-0.4, -0.2) is 41.0 Å². The third-order valence-corrected chi connectivity index (χ3v) is 5.14. The van der Waals surface area contributed by atoms with E-state index in [-0.39, 0.29) is 18.4 Å². The second-order valence-electron chi connectivity index (χ2n) is 7.40. The zero-order chi connectivity index (χ0) is 20.3. The minimum absolute atomic E-state index is 0.0559. The van der Waals surface area contributed by atoms with Crippen LogP contribution in [0, 0.1) is 5.92 Å². The molecule has 0 saturated heterocycles. The van der Waals surface area contributed by atoms with Crippen molar-refractivity contribution < 1.29 is 24.5 Å². The number of amides is 1. The van der Waals surface area contributed by atoms with Crippen LogP contribution in [0.5, 0.6) is 0 Å². The smallest absolute Gasteiger partial charge is 0.407 e. The number of carbonyl (C=O) groups excluding carboxylic acids is 1. The number of nitrogens with one attached hydrogen (secondary N) is 1. The molecule has 1 aliphatic rings. The second-order valence-corrected chi connectivity index (χ2v) is 7.40. The van der Waals surface area contributed by atoms with Gasteiger partial charge in [0.1, 0.15) is 6.61 Å². The van der Waals surface area contributed by atoms with Gasteiger partial charge in [-0.15, -0.1) is 0 Å². The summed E-state index contributed by atoms with van der Waals surface area (Å²) in [7, 11) is 0. The molecule has 28 heavy (non-hydrogen) atoms. The first-order valence-electron chi connectivity index (χ1n) is 9.39. The molecule has 2 atom stereocenters. The molecule has 1 amide bonds. The first-order valence-corrected chi connectivity index (χ1v) is 9.39. The van der Waals surface area contributed by atoms with Gasteiger partial charge in [0.15, 0.2) is 0 Å². The molecule has 0 unspecified atom stereocenters. The average Bonchev–Trinajstić information content (AvgIpc) is 2.97. The number of benzene rings is 2. The van der Waals surface area contributed by atoms with Crippen molar-refractivity contribution in [3.63, 3.8) is 0 Å². The summed E-state index contributed by atoms with van der Waals surface area (Å²) in [5, 5.41) is 21.6. The van der Waals surface area contributed by atoms with Gasteiger partial charge < -0.3 is 20.3 Å². The van der Waals surface area contributed by atoms with Gasteiger partial charge in [0, 0.05) is 5.92 Å². The molecule has 0 radical (unpaired) electrons. The highest BCUT2D eigenvalue weighted by atomic mass is 16.5. The first-order chi connectivity index (χ1) is 13.4. The van der Waals surface area contributed by atoms with Crippen LogP contribution in [0.2, 0.25) is 0 Å². The molecule has 6 heteroatoms. The van der Waals surface area contributed by atoms with E-state index in [2.05, 4.69) is 17.4 Å². The van der Waals surface area contributed by atoms with Gasteiger partial charge in [0.2, 0.25) is 0 Å². The number of carboxylic acids is 1. The predicted molar refractivity (Wildman–Crippen MR) is 105 cm³/mol. The molecule has 0 aromatic heterocycles. The van der Waals surface area contributed by atoms with E-state index in [1.807, 2.05) is 36.4 Å². The number of fused-ring (bicyclic) bond motifs is 3. The molecule has 2 aromatic rings. The van der Waals surface area contributed by atoms with Crippen LogP contribution >= 0.6 is 0 Å². The van der Waals surface area contributed by atoms with Gasteiger partial charge in [0.25, 0.3) is 0 Å². The standard InChI is InChI=1S/C22H25NO5/c1-13(2)21(19(24)11-20(25)26)23-22(27)28-12-18-16-9-5-3-7-14(16)15-8-4-6-10-17(15)18/h3-10,13,18-19,21,24H,11-12H2,1-2H3,(H,23,27)(H,25,26)/t19-,21-/m1/s1. The number of aliphatic carboxylic acids is 1. The Labute approximate surface area is 164 Å².